The van der Waals surface area contributed by atoms with E-state index in [9.17, 15) is 15.3 Å². The quantitative estimate of drug-likeness (QED) is 0.337. The van der Waals surface area contributed by atoms with Crippen LogP contribution < -0.4 is 0 Å². The molecule has 4 aliphatic rings. The summed E-state index contributed by atoms with van der Waals surface area (Å²) in [5.74, 6) is 1.65. The van der Waals surface area contributed by atoms with Gasteiger partial charge in [-0.1, -0.05) is 57.2 Å². The number of fused-ring (bicyclic) bond motifs is 1. The molecule has 5 rings (SSSR count). The van der Waals surface area contributed by atoms with Crippen molar-refractivity contribution in [1.82, 2.24) is 0 Å². The zero-order valence-corrected chi connectivity index (χ0v) is 23.8. The Hall–Kier alpha value is -1.46. The van der Waals surface area contributed by atoms with E-state index >= 15 is 0 Å². The fraction of sp³-hybridized carbons (Fsp3) is 0.636. The lowest BCUT2D eigenvalue weighted by Crippen LogP contribution is -2.35. The number of allylic oxidation sites excluding steroid dienone is 4. The summed E-state index contributed by atoms with van der Waals surface area (Å²) in [5, 5.41) is 33.8. The first kappa shape index (κ1) is 27.1. The van der Waals surface area contributed by atoms with Crippen LogP contribution in [0.4, 0.5) is 0 Å². The van der Waals surface area contributed by atoms with Crippen molar-refractivity contribution in [3.05, 3.63) is 69.5 Å². The van der Waals surface area contributed by atoms with Gasteiger partial charge in [-0.25, -0.2) is 0 Å². The smallest absolute Gasteiger partial charge is 0.0825 e. The summed E-state index contributed by atoms with van der Waals surface area (Å²) < 4.78 is 0. The molecular weight excluding hydrogens is 476 g/mol. The Kier molecular flexibility index (Phi) is 7.77. The van der Waals surface area contributed by atoms with Crippen LogP contribution in [0.5, 0.6) is 0 Å². The summed E-state index contributed by atoms with van der Waals surface area (Å²) in [7, 11) is 0. The maximum absolute atomic E-state index is 11.2. The minimum absolute atomic E-state index is 0.0467. The average molecular weight is 523 g/mol. The molecule has 3 N–H and O–H groups in total. The predicted octanol–water partition coefficient (Wildman–Crippen LogP) is 7.04. The molecule has 0 aromatic carbocycles. The molecule has 4 fully saturated rings. The van der Waals surface area contributed by atoms with Gasteiger partial charge in [0.1, 0.15) is 0 Å². The molecule has 0 spiro atoms. The van der Waals surface area contributed by atoms with E-state index in [-0.39, 0.29) is 10.8 Å². The Morgan fingerprint density at radius 2 is 1.95 bits per heavy atom. The molecule has 7 atom stereocenters. The van der Waals surface area contributed by atoms with Gasteiger partial charge in [0, 0.05) is 16.7 Å². The molecule has 0 radical (unpaired) electrons. The molecule has 4 heteroatoms. The van der Waals surface area contributed by atoms with Gasteiger partial charge >= 0.3 is 0 Å². The molecule has 0 bridgehead atoms. The van der Waals surface area contributed by atoms with Crippen LogP contribution in [-0.2, 0) is 11.8 Å². The second-order valence-corrected chi connectivity index (χ2v) is 13.6. The molecule has 4 aliphatic carbocycles. The highest BCUT2D eigenvalue weighted by molar-refractivity contribution is 7.10. The van der Waals surface area contributed by atoms with Crippen molar-refractivity contribution in [3.8, 4) is 0 Å². The Morgan fingerprint density at radius 3 is 2.65 bits per heavy atom. The van der Waals surface area contributed by atoms with Crippen LogP contribution in [-0.4, -0.2) is 33.6 Å². The largest absolute Gasteiger partial charge is 0.393 e. The van der Waals surface area contributed by atoms with Crippen LogP contribution in [0.1, 0.15) is 89.0 Å². The molecule has 0 amide bonds. The van der Waals surface area contributed by atoms with Crippen molar-refractivity contribution in [1.29, 1.82) is 0 Å². The number of hydrogen-bond donors (Lipinski definition) is 3. The Bertz CT molecular complexity index is 1090. The van der Waals surface area contributed by atoms with E-state index in [1.807, 2.05) is 11.3 Å². The lowest BCUT2D eigenvalue weighted by Gasteiger charge is -2.44. The van der Waals surface area contributed by atoms with Gasteiger partial charge in [-0.3, -0.25) is 0 Å². The van der Waals surface area contributed by atoms with Crippen LogP contribution in [0.15, 0.2) is 59.0 Å². The number of hydrogen-bond acceptors (Lipinski definition) is 4. The summed E-state index contributed by atoms with van der Waals surface area (Å²) in [4.78, 5) is 1.36. The third-order valence-electron chi connectivity index (χ3n) is 10.4. The standard InChI is InChI=1S/C33H46O3S/c1-5-23-17-31(37-20-23)33(15-16-33)30(36)13-8-21(2)27-11-12-28-24(7-6-14-32(27,28)4)9-10-25-18-26(34)19-29(35)22(25)3/h8-10,13,17,20-21,26-30,34-36H,3,5-7,11-12,14-16,18-19H2,1-2,4H3/b13-8+,24-9+,25-10-/t21-,26-,27-,28+,29+,30+,32-/m1/s1. The van der Waals surface area contributed by atoms with Gasteiger partial charge in [0.15, 0.2) is 0 Å². The van der Waals surface area contributed by atoms with Gasteiger partial charge in [0.25, 0.3) is 0 Å². The van der Waals surface area contributed by atoms with E-state index in [2.05, 4.69) is 63.1 Å². The van der Waals surface area contributed by atoms with E-state index < -0.39 is 18.3 Å². The van der Waals surface area contributed by atoms with E-state index in [1.165, 1.54) is 41.7 Å². The van der Waals surface area contributed by atoms with Crippen molar-refractivity contribution in [3.63, 3.8) is 0 Å². The monoisotopic (exact) mass is 522 g/mol. The highest BCUT2D eigenvalue weighted by Crippen LogP contribution is 2.60. The van der Waals surface area contributed by atoms with Crippen LogP contribution in [0.3, 0.4) is 0 Å². The van der Waals surface area contributed by atoms with Gasteiger partial charge < -0.3 is 15.3 Å². The molecular formula is C33H46O3S. The Labute approximate surface area is 227 Å². The van der Waals surface area contributed by atoms with Crippen molar-refractivity contribution in [2.75, 3.05) is 0 Å². The molecule has 1 aromatic heterocycles. The number of thiophene rings is 1. The molecule has 1 aromatic rings. The zero-order valence-electron chi connectivity index (χ0n) is 23.0. The van der Waals surface area contributed by atoms with E-state index in [0.29, 0.717) is 30.6 Å². The number of aliphatic hydroxyl groups excluding tert-OH is 3. The Balaban J connectivity index is 1.28. The second kappa shape index (κ2) is 10.6. The molecule has 0 aliphatic heterocycles. The topological polar surface area (TPSA) is 60.7 Å². The van der Waals surface area contributed by atoms with Crippen molar-refractivity contribution in [2.24, 2.45) is 23.2 Å². The number of rotatable bonds is 7. The lowest BCUT2D eigenvalue weighted by atomic mass is 9.61. The normalized spacial score (nSPS) is 37.3. The lowest BCUT2D eigenvalue weighted by molar-refractivity contribution is 0.0862. The summed E-state index contributed by atoms with van der Waals surface area (Å²) in [6.45, 7) is 11.1. The maximum atomic E-state index is 11.2. The summed E-state index contributed by atoms with van der Waals surface area (Å²) in [5.41, 5.74) is 4.91. The van der Waals surface area contributed by atoms with Crippen LogP contribution >= 0.6 is 11.3 Å². The molecule has 0 saturated heterocycles. The van der Waals surface area contributed by atoms with Gasteiger partial charge in [-0.05, 0) is 109 Å². The van der Waals surface area contributed by atoms with Crippen molar-refractivity contribution < 1.29 is 15.3 Å². The maximum Gasteiger partial charge on any atom is 0.0825 e. The van der Waals surface area contributed by atoms with Gasteiger partial charge in [-0.2, -0.15) is 0 Å². The van der Waals surface area contributed by atoms with Crippen molar-refractivity contribution >= 4 is 11.3 Å². The third-order valence-corrected chi connectivity index (χ3v) is 11.6. The first-order valence-electron chi connectivity index (χ1n) is 14.6. The summed E-state index contributed by atoms with van der Waals surface area (Å²) in [6, 6.07) is 2.32. The summed E-state index contributed by atoms with van der Waals surface area (Å²) in [6.07, 6.45) is 17.6. The Morgan fingerprint density at radius 1 is 1.16 bits per heavy atom. The molecule has 1 heterocycles. The minimum Gasteiger partial charge on any atom is -0.393 e. The number of aliphatic hydroxyl groups is 3. The van der Waals surface area contributed by atoms with E-state index in [4.69, 9.17) is 0 Å². The highest BCUT2D eigenvalue weighted by Gasteiger charge is 2.52. The molecule has 0 unspecified atom stereocenters. The SMILES string of the molecule is C=C1/C(=C\C=C2/CCC[C@]3(C)[C@@H]([C@H](C)/C=C/[C@H](O)C4(c5cc(CC)cs5)CC4)CC[C@@H]23)C[C@@H](O)C[C@@H]1O. The van der Waals surface area contributed by atoms with E-state index in [1.54, 1.807) is 0 Å². The van der Waals surface area contributed by atoms with Crippen molar-refractivity contribution in [2.45, 2.75) is 109 Å². The zero-order chi connectivity index (χ0) is 26.4. The molecule has 37 heavy (non-hydrogen) atoms. The molecule has 202 valence electrons. The fourth-order valence-electron chi connectivity index (χ4n) is 7.85. The van der Waals surface area contributed by atoms with Crippen LogP contribution in [0, 0.1) is 23.2 Å². The summed E-state index contributed by atoms with van der Waals surface area (Å²) >= 11 is 1.82. The van der Waals surface area contributed by atoms with Gasteiger partial charge in [-0.15, -0.1) is 11.3 Å². The van der Waals surface area contributed by atoms with Gasteiger partial charge in [0.05, 0.1) is 18.3 Å². The van der Waals surface area contributed by atoms with Gasteiger partial charge in [0.2, 0.25) is 0 Å². The minimum atomic E-state index is -0.632. The molecule has 4 saturated carbocycles. The van der Waals surface area contributed by atoms with Crippen LogP contribution in [0.25, 0.3) is 0 Å². The third kappa shape index (κ3) is 5.12. The first-order valence-corrected chi connectivity index (χ1v) is 15.4. The average Bonchev–Trinajstić information content (AvgIpc) is 3.39. The van der Waals surface area contributed by atoms with Crippen LogP contribution in [0.2, 0.25) is 0 Å². The fourth-order valence-corrected chi connectivity index (χ4v) is 9.14. The second-order valence-electron chi connectivity index (χ2n) is 12.7. The first-order chi connectivity index (χ1) is 17.7. The van der Waals surface area contributed by atoms with E-state index in [0.717, 1.165) is 36.8 Å². The number of aryl methyl sites for hydroxylation is 1. The highest BCUT2D eigenvalue weighted by atomic mass is 32.1. The predicted molar refractivity (Wildman–Crippen MR) is 154 cm³/mol. The molecule has 3 nitrogen and oxygen atoms in total.